The number of anilines is 1. The van der Waals surface area contributed by atoms with Crippen LogP contribution in [0.1, 0.15) is 13.3 Å². The SMILES string of the molecule is CC/C(=C/CNc1ccccc1I)C(=O)O. The summed E-state index contributed by atoms with van der Waals surface area (Å²) >= 11 is 2.24. The quantitative estimate of drug-likeness (QED) is 0.644. The van der Waals surface area contributed by atoms with Crippen LogP contribution in [0, 0.1) is 3.57 Å². The fourth-order valence-electron chi connectivity index (χ4n) is 1.27. The molecule has 0 saturated carbocycles. The van der Waals surface area contributed by atoms with Crippen molar-refractivity contribution < 1.29 is 9.90 Å². The summed E-state index contributed by atoms with van der Waals surface area (Å²) in [6.07, 6.45) is 2.26. The van der Waals surface area contributed by atoms with E-state index in [9.17, 15) is 4.79 Å². The summed E-state index contributed by atoms with van der Waals surface area (Å²) in [5, 5.41) is 12.0. The number of carboxylic acids is 1. The highest BCUT2D eigenvalue weighted by Crippen LogP contribution is 2.16. The molecule has 0 bridgehead atoms. The molecule has 0 fully saturated rings. The van der Waals surface area contributed by atoms with Gasteiger partial charge >= 0.3 is 5.97 Å². The number of para-hydroxylation sites is 1. The molecule has 2 N–H and O–H groups in total. The maximum Gasteiger partial charge on any atom is 0.331 e. The van der Waals surface area contributed by atoms with Gasteiger partial charge in [-0.3, -0.25) is 0 Å². The molecule has 0 aliphatic carbocycles. The van der Waals surface area contributed by atoms with Gasteiger partial charge in [0, 0.05) is 21.4 Å². The van der Waals surface area contributed by atoms with Crippen molar-refractivity contribution in [2.75, 3.05) is 11.9 Å². The van der Waals surface area contributed by atoms with Gasteiger partial charge in [-0.2, -0.15) is 0 Å². The molecular weight excluding hydrogens is 317 g/mol. The van der Waals surface area contributed by atoms with E-state index in [0.717, 1.165) is 9.26 Å². The number of halogens is 1. The molecule has 0 saturated heterocycles. The summed E-state index contributed by atoms with van der Waals surface area (Å²) in [5.74, 6) is -0.841. The molecule has 16 heavy (non-hydrogen) atoms. The highest BCUT2D eigenvalue weighted by atomic mass is 127. The van der Waals surface area contributed by atoms with Crippen LogP contribution < -0.4 is 5.32 Å². The predicted molar refractivity (Wildman–Crippen MR) is 73.7 cm³/mol. The number of rotatable bonds is 5. The van der Waals surface area contributed by atoms with E-state index >= 15 is 0 Å². The Labute approximate surface area is 109 Å². The molecule has 0 aliphatic heterocycles. The van der Waals surface area contributed by atoms with Gasteiger partial charge in [0.15, 0.2) is 0 Å². The van der Waals surface area contributed by atoms with Crippen LogP contribution >= 0.6 is 22.6 Å². The third kappa shape index (κ3) is 3.84. The lowest BCUT2D eigenvalue weighted by Gasteiger charge is -2.06. The van der Waals surface area contributed by atoms with E-state index in [1.165, 1.54) is 0 Å². The minimum Gasteiger partial charge on any atom is -0.478 e. The Morgan fingerprint density at radius 2 is 2.19 bits per heavy atom. The zero-order valence-electron chi connectivity index (χ0n) is 9.03. The number of carbonyl (C=O) groups is 1. The van der Waals surface area contributed by atoms with Crippen LogP contribution in [0.15, 0.2) is 35.9 Å². The van der Waals surface area contributed by atoms with Gasteiger partial charge in [0.25, 0.3) is 0 Å². The smallest absolute Gasteiger partial charge is 0.331 e. The minimum absolute atomic E-state index is 0.443. The molecule has 0 spiro atoms. The number of nitrogens with one attached hydrogen (secondary N) is 1. The molecule has 0 amide bonds. The first-order valence-electron chi connectivity index (χ1n) is 5.06. The van der Waals surface area contributed by atoms with Crippen molar-refractivity contribution in [2.24, 2.45) is 0 Å². The zero-order chi connectivity index (χ0) is 12.0. The second-order valence-electron chi connectivity index (χ2n) is 3.25. The first-order valence-corrected chi connectivity index (χ1v) is 6.13. The Balaban J connectivity index is 2.59. The van der Waals surface area contributed by atoms with Crippen molar-refractivity contribution in [3.05, 3.63) is 39.5 Å². The Morgan fingerprint density at radius 1 is 1.50 bits per heavy atom. The summed E-state index contributed by atoms with van der Waals surface area (Å²) in [4.78, 5) is 10.7. The molecule has 3 nitrogen and oxygen atoms in total. The normalized spacial score (nSPS) is 11.2. The van der Waals surface area contributed by atoms with E-state index in [1.54, 1.807) is 6.08 Å². The van der Waals surface area contributed by atoms with Crippen molar-refractivity contribution in [1.29, 1.82) is 0 Å². The second-order valence-corrected chi connectivity index (χ2v) is 4.41. The minimum atomic E-state index is -0.841. The summed E-state index contributed by atoms with van der Waals surface area (Å²) in [7, 11) is 0. The van der Waals surface area contributed by atoms with Crippen LogP contribution in [0.25, 0.3) is 0 Å². The number of carboxylic acid groups (broad SMARTS) is 1. The van der Waals surface area contributed by atoms with Crippen LogP contribution in [-0.4, -0.2) is 17.6 Å². The Bertz CT molecular complexity index is 402. The first-order chi connectivity index (χ1) is 7.65. The molecule has 86 valence electrons. The average molecular weight is 331 g/mol. The van der Waals surface area contributed by atoms with E-state index < -0.39 is 5.97 Å². The lowest BCUT2D eigenvalue weighted by Crippen LogP contribution is -2.05. The summed E-state index contributed by atoms with van der Waals surface area (Å²) in [6, 6.07) is 7.90. The molecule has 1 aromatic rings. The maximum absolute atomic E-state index is 10.7. The van der Waals surface area contributed by atoms with Crippen LogP contribution in [0.4, 0.5) is 5.69 Å². The molecular formula is C12H14INO2. The lowest BCUT2D eigenvalue weighted by molar-refractivity contribution is -0.132. The van der Waals surface area contributed by atoms with E-state index in [1.807, 2.05) is 31.2 Å². The molecule has 0 aliphatic rings. The standard InChI is InChI=1S/C12H14INO2/c1-2-9(12(15)16)7-8-14-11-6-4-3-5-10(11)13/h3-7,14H,2,8H2,1H3,(H,15,16)/b9-7-. The van der Waals surface area contributed by atoms with Gasteiger partial charge in [-0.15, -0.1) is 0 Å². The van der Waals surface area contributed by atoms with Gasteiger partial charge in [-0.25, -0.2) is 4.79 Å². The molecule has 0 atom stereocenters. The highest BCUT2D eigenvalue weighted by Gasteiger charge is 2.03. The van der Waals surface area contributed by atoms with E-state index in [2.05, 4.69) is 27.9 Å². The summed E-state index contributed by atoms with van der Waals surface area (Å²) in [5.41, 5.74) is 1.47. The maximum atomic E-state index is 10.7. The fourth-order valence-corrected chi connectivity index (χ4v) is 1.85. The van der Waals surface area contributed by atoms with Gasteiger partial charge in [0.2, 0.25) is 0 Å². The van der Waals surface area contributed by atoms with E-state index in [0.29, 0.717) is 18.5 Å². The lowest BCUT2D eigenvalue weighted by atomic mass is 10.2. The van der Waals surface area contributed by atoms with Gasteiger partial charge in [0.1, 0.15) is 0 Å². The number of aliphatic carboxylic acids is 1. The average Bonchev–Trinajstić information content (AvgIpc) is 2.26. The van der Waals surface area contributed by atoms with Crippen molar-refractivity contribution >= 4 is 34.2 Å². The number of benzene rings is 1. The molecule has 0 heterocycles. The van der Waals surface area contributed by atoms with E-state index in [-0.39, 0.29) is 0 Å². The number of hydrogen-bond acceptors (Lipinski definition) is 2. The zero-order valence-corrected chi connectivity index (χ0v) is 11.2. The van der Waals surface area contributed by atoms with E-state index in [4.69, 9.17) is 5.11 Å². The van der Waals surface area contributed by atoms with Crippen LogP contribution in [0.3, 0.4) is 0 Å². The van der Waals surface area contributed by atoms with Crippen molar-refractivity contribution in [2.45, 2.75) is 13.3 Å². The van der Waals surface area contributed by atoms with Gasteiger partial charge < -0.3 is 10.4 Å². The Hall–Kier alpha value is -1.04. The number of hydrogen-bond donors (Lipinski definition) is 2. The molecule has 4 heteroatoms. The summed E-state index contributed by atoms with van der Waals surface area (Å²) < 4.78 is 1.13. The Morgan fingerprint density at radius 3 is 2.75 bits per heavy atom. The van der Waals surface area contributed by atoms with Crippen molar-refractivity contribution in [1.82, 2.24) is 0 Å². The van der Waals surface area contributed by atoms with Crippen LogP contribution in [0.5, 0.6) is 0 Å². The molecule has 1 rings (SSSR count). The molecule has 0 radical (unpaired) electrons. The summed E-state index contributed by atoms with van der Waals surface area (Å²) in [6.45, 7) is 2.38. The van der Waals surface area contributed by atoms with Crippen molar-refractivity contribution in [3.8, 4) is 0 Å². The third-order valence-corrected chi connectivity index (χ3v) is 3.11. The van der Waals surface area contributed by atoms with Gasteiger partial charge in [-0.1, -0.05) is 25.1 Å². The molecule has 0 unspecified atom stereocenters. The van der Waals surface area contributed by atoms with Gasteiger partial charge in [0.05, 0.1) is 0 Å². The second kappa shape index (κ2) is 6.52. The highest BCUT2D eigenvalue weighted by molar-refractivity contribution is 14.1. The third-order valence-electron chi connectivity index (χ3n) is 2.17. The monoisotopic (exact) mass is 331 g/mol. The fraction of sp³-hybridized carbons (Fsp3) is 0.250. The predicted octanol–water partition coefficient (Wildman–Crippen LogP) is 3.12. The van der Waals surface area contributed by atoms with Gasteiger partial charge in [-0.05, 0) is 41.1 Å². The Kier molecular flexibility index (Phi) is 5.31. The van der Waals surface area contributed by atoms with Crippen LogP contribution in [-0.2, 0) is 4.79 Å². The van der Waals surface area contributed by atoms with Crippen molar-refractivity contribution in [3.63, 3.8) is 0 Å². The topological polar surface area (TPSA) is 49.3 Å². The molecule has 0 aromatic heterocycles. The largest absolute Gasteiger partial charge is 0.478 e. The van der Waals surface area contributed by atoms with Crippen LogP contribution in [0.2, 0.25) is 0 Å². The first kappa shape index (κ1) is 13.0. The molecule has 1 aromatic carbocycles.